The first-order valence-corrected chi connectivity index (χ1v) is 47.5. The Morgan fingerprint density at radius 3 is 0.856 bits per heavy atom. The standard InChI is InChI=1S/C88H162N10O34/c1-6-8-10-12-13-14-15-16-17-18-19-20-21-32-70(105)89-33-26-22-29-64(83(115)92-36-25-11-9-7-2)97-85(117)66(31-24-28-35-91-72(107)59-125-47-44-119-38-41-122-50-53-128-87-75(94-62(4)103)81(113)78(110)68(56-100)131-87)98-84(116)65(96-73(108)60-126-48-45-120-39-42-123-51-54-129-88-76(95-63(5)104)82(114)79(111)69(57-101)132-88)30-23-27-34-90-71(106)58-124-46-43-118-37-40-121-49-52-127-86-74(93-61(3)102)80(112)77(109)67(55-99)130-86/h64-69,74-82,86-88,99-101,109-114H,6-60H2,1-5H3,(H,89,105)(H,90,106)(H,91,107)(H,92,115)(H,93,102)(H,94,103)(H,95,104)(H,96,108)(H,97,117)(H,98,116). The predicted octanol–water partition coefficient (Wildman–Crippen LogP) is -2.49. The van der Waals surface area contributed by atoms with Crippen LogP contribution in [-0.2, 0) is 119 Å². The van der Waals surface area contributed by atoms with Gasteiger partial charge in [-0.15, -0.1) is 0 Å². The molecule has 0 aromatic carbocycles. The summed E-state index contributed by atoms with van der Waals surface area (Å²) in [4.78, 5) is 131. The van der Waals surface area contributed by atoms with Crippen LogP contribution in [0.25, 0.3) is 0 Å². The van der Waals surface area contributed by atoms with Gasteiger partial charge in [0.05, 0.1) is 139 Å². The Balaban J connectivity index is 1.67. The van der Waals surface area contributed by atoms with Gasteiger partial charge in [-0.2, -0.15) is 0 Å². The van der Waals surface area contributed by atoms with Crippen LogP contribution in [0.5, 0.6) is 0 Å². The Hall–Kier alpha value is -6.26. The van der Waals surface area contributed by atoms with E-state index < -0.39 is 190 Å². The van der Waals surface area contributed by atoms with Crippen molar-refractivity contribution in [1.82, 2.24) is 53.2 Å². The number of unbranched alkanes of at least 4 members (excludes halogenated alkanes) is 18. The maximum absolute atomic E-state index is 14.8. The molecular formula is C88H162N10O34. The number of amides is 10. The molecule has 0 aromatic heterocycles. The minimum atomic E-state index is -1.49. The molecule has 3 heterocycles. The lowest BCUT2D eigenvalue weighted by molar-refractivity contribution is -0.272. The number of aliphatic hydroxyl groups excluding tert-OH is 9. The van der Waals surface area contributed by atoms with Gasteiger partial charge in [-0.25, -0.2) is 0 Å². The molecule has 0 spiro atoms. The van der Waals surface area contributed by atoms with E-state index in [1.54, 1.807) is 0 Å². The van der Waals surface area contributed by atoms with Crippen molar-refractivity contribution in [1.29, 1.82) is 0 Å². The zero-order valence-electron chi connectivity index (χ0n) is 78.5. The summed E-state index contributed by atoms with van der Waals surface area (Å²) in [5, 5.41) is 119. The number of hydrogen-bond donors (Lipinski definition) is 19. The highest BCUT2D eigenvalue weighted by molar-refractivity contribution is 5.94. The molecule has 18 atom stereocenters. The van der Waals surface area contributed by atoms with Gasteiger partial charge >= 0.3 is 0 Å². The molecule has 3 rings (SSSR count). The van der Waals surface area contributed by atoms with Crippen molar-refractivity contribution in [3.8, 4) is 0 Å². The first-order valence-electron chi connectivity index (χ1n) is 47.5. The van der Waals surface area contributed by atoms with Crippen molar-refractivity contribution < 1.29 is 165 Å². The second kappa shape index (κ2) is 76.8. The van der Waals surface area contributed by atoms with E-state index in [0.717, 1.165) is 44.9 Å². The molecule has 3 saturated heterocycles. The van der Waals surface area contributed by atoms with Crippen molar-refractivity contribution in [2.24, 2.45) is 0 Å². The summed E-state index contributed by atoms with van der Waals surface area (Å²) in [6.07, 6.45) is 5.86. The SMILES string of the molecule is CCCCCCCCCCCCCCCC(=O)NCCCCC(NC(=O)C(CCCCNC(=O)COCCOCCOCCOC1OC(CO)C(O)C(O)C1NC(C)=O)NC(=O)C(CCCCNC(=O)COCCOCCOCCOC1OC(CO)C(O)C(O)C1NC(C)=O)NC(=O)COCCOCCOCCOC1OC(CO)C(O)C(O)C1NC(C)=O)C(=O)NCCCCCC. The number of carbonyl (C=O) groups is 10. The first kappa shape index (κ1) is 120. The van der Waals surface area contributed by atoms with E-state index in [1.807, 2.05) is 0 Å². The van der Waals surface area contributed by atoms with E-state index in [4.69, 9.17) is 71.1 Å². The van der Waals surface area contributed by atoms with Crippen molar-refractivity contribution in [2.75, 3.05) is 185 Å². The average molecular weight is 1900 g/mol. The van der Waals surface area contributed by atoms with Crippen LogP contribution < -0.4 is 53.2 Å². The Morgan fingerprint density at radius 2 is 0.538 bits per heavy atom. The monoisotopic (exact) mass is 1900 g/mol. The van der Waals surface area contributed by atoms with Gasteiger partial charge in [0.2, 0.25) is 59.1 Å². The molecule has 132 heavy (non-hydrogen) atoms. The molecule has 0 bridgehead atoms. The van der Waals surface area contributed by atoms with E-state index in [-0.39, 0.29) is 183 Å². The lowest BCUT2D eigenvalue weighted by Crippen LogP contribution is -2.64. The summed E-state index contributed by atoms with van der Waals surface area (Å²) >= 11 is 0. The topological polar surface area (TPSA) is 612 Å². The van der Waals surface area contributed by atoms with Gasteiger partial charge in [0.15, 0.2) is 18.9 Å². The molecule has 0 radical (unpaired) electrons. The van der Waals surface area contributed by atoms with Crippen LogP contribution in [0, 0.1) is 0 Å². The smallest absolute Gasteiger partial charge is 0.246 e. The van der Waals surface area contributed by atoms with E-state index in [2.05, 4.69) is 67.0 Å². The van der Waals surface area contributed by atoms with E-state index in [1.165, 1.54) is 78.6 Å². The number of aliphatic hydroxyl groups is 9. The van der Waals surface area contributed by atoms with E-state index in [9.17, 15) is 93.9 Å². The molecule has 3 aliphatic rings. The Bertz CT molecular complexity index is 3060. The maximum Gasteiger partial charge on any atom is 0.246 e. The third kappa shape index (κ3) is 55.2. The zero-order chi connectivity index (χ0) is 96.7. The number of hydrogen-bond acceptors (Lipinski definition) is 34. The van der Waals surface area contributed by atoms with Gasteiger partial charge < -0.3 is 170 Å². The highest BCUT2D eigenvalue weighted by Gasteiger charge is 2.48. The van der Waals surface area contributed by atoms with E-state index in [0.29, 0.717) is 51.6 Å². The third-order valence-electron chi connectivity index (χ3n) is 21.7. The largest absolute Gasteiger partial charge is 0.394 e. The molecule has 19 N–H and O–H groups in total. The maximum atomic E-state index is 14.8. The molecule has 3 fully saturated rings. The number of nitrogens with one attached hydrogen (secondary N) is 10. The van der Waals surface area contributed by atoms with Crippen LogP contribution in [0.3, 0.4) is 0 Å². The highest BCUT2D eigenvalue weighted by Crippen LogP contribution is 2.26. The highest BCUT2D eigenvalue weighted by atomic mass is 16.7. The van der Waals surface area contributed by atoms with Crippen molar-refractivity contribution in [3.05, 3.63) is 0 Å². The van der Waals surface area contributed by atoms with Gasteiger partial charge in [-0.1, -0.05) is 110 Å². The summed E-state index contributed by atoms with van der Waals surface area (Å²) in [6, 6.07) is -6.95. The van der Waals surface area contributed by atoms with Crippen LogP contribution >= 0.6 is 0 Å². The van der Waals surface area contributed by atoms with Gasteiger partial charge in [0, 0.05) is 53.4 Å². The van der Waals surface area contributed by atoms with Gasteiger partial charge in [0.25, 0.3) is 0 Å². The lowest BCUT2D eigenvalue weighted by atomic mass is 9.97. The predicted molar refractivity (Wildman–Crippen MR) is 475 cm³/mol. The Labute approximate surface area is 776 Å². The molecular weight excluding hydrogens is 1740 g/mol. The first-order chi connectivity index (χ1) is 63.8. The molecule has 0 aromatic rings. The van der Waals surface area contributed by atoms with Crippen LogP contribution in [0.15, 0.2) is 0 Å². The van der Waals surface area contributed by atoms with Crippen LogP contribution in [0.4, 0.5) is 0 Å². The van der Waals surface area contributed by atoms with Crippen molar-refractivity contribution in [2.45, 2.75) is 318 Å². The third-order valence-corrected chi connectivity index (χ3v) is 21.7. The van der Waals surface area contributed by atoms with Crippen LogP contribution in [-0.4, -0.2) is 400 Å². The normalized spacial score (nSPS) is 22.6. The second-order valence-electron chi connectivity index (χ2n) is 32.9. The van der Waals surface area contributed by atoms with Crippen LogP contribution in [0.2, 0.25) is 0 Å². The van der Waals surface area contributed by atoms with Crippen molar-refractivity contribution in [3.63, 3.8) is 0 Å². The summed E-state index contributed by atoms with van der Waals surface area (Å²) in [5.74, 6) is -5.02. The zero-order valence-corrected chi connectivity index (χ0v) is 78.5. The van der Waals surface area contributed by atoms with Gasteiger partial charge in [-0.05, 0) is 70.6 Å². The average Bonchev–Trinajstić information content (AvgIpc) is 0.815. The quantitative estimate of drug-likeness (QED) is 0.0280. The summed E-state index contributed by atoms with van der Waals surface area (Å²) in [5.41, 5.74) is 0. The molecule has 3 aliphatic heterocycles. The fraction of sp³-hybridized carbons (Fsp3) is 0.886. The Kier molecular flexibility index (Phi) is 69.7. The minimum absolute atomic E-state index is 0.00484. The van der Waals surface area contributed by atoms with Crippen molar-refractivity contribution >= 4 is 59.1 Å². The minimum Gasteiger partial charge on any atom is -0.394 e. The lowest BCUT2D eigenvalue weighted by Gasteiger charge is -2.42. The van der Waals surface area contributed by atoms with Gasteiger partial charge in [0.1, 0.15) is 111 Å². The van der Waals surface area contributed by atoms with E-state index >= 15 is 0 Å². The molecule has 44 heteroatoms. The molecule has 44 nitrogen and oxygen atoms in total. The number of rotatable bonds is 82. The molecule has 768 valence electrons. The molecule has 10 amide bonds. The number of carbonyl (C=O) groups excluding carboxylic acids is 10. The summed E-state index contributed by atoms with van der Waals surface area (Å²) in [6.45, 7) is 7.09. The summed E-state index contributed by atoms with van der Waals surface area (Å²) in [7, 11) is 0. The molecule has 18 unspecified atom stereocenters. The summed E-state index contributed by atoms with van der Waals surface area (Å²) < 4.78 is 83.6. The fourth-order valence-electron chi connectivity index (χ4n) is 14.4. The molecule has 0 aliphatic carbocycles. The fourth-order valence-corrected chi connectivity index (χ4v) is 14.4. The molecule has 0 saturated carbocycles. The Morgan fingerprint density at radius 1 is 0.280 bits per heavy atom. The second-order valence-corrected chi connectivity index (χ2v) is 32.9. The number of ether oxygens (including phenoxy) is 15. The van der Waals surface area contributed by atoms with Gasteiger partial charge in [-0.3, -0.25) is 47.9 Å². The van der Waals surface area contributed by atoms with Crippen LogP contribution in [0.1, 0.15) is 208 Å².